The Labute approximate surface area is 250 Å². The maximum atomic E-state index is 17.5. The van der Waals surface area contributed by atoms with Crippen molar-refractivity contribution < 1.29 is 47.2 Å². The predicted molar refractivity (Wildman–Crippen MR) is 145 cm³/mol. The van der Waals surface area contributed by atoms with Gasteiger partial charge in [0.25, 0.3) is 5.56 Å². The lowest BCUT2D eigenvalue weighted by atomic mass is 9.44. The monoisotopic (exact) mass is 620 g/mol. The average molecular weight is 621 g/mol. The lowest BCUT2D eigenvalue weighted by Crippen LogP contribution is -2.70. The molecular formula is C30H34F2N2O10. The minimum Gasteiger partial charge on any atom is -0.426 e. The SMILES string of the molecule is CC1(C)O[C@@H]2CC3C4CCC5=CC(=O)C=CC5(C)[C@@]4(F)[C@@H](O)CC3(C)[C@]2(C(=O)COC(=O)OCn2cc(F)c(=O)[nH]c2=O)O1. The number of hydrogen-bond acceptors (Lipinski definition) is 10. The molecule has 2 heterocycles. The molecule has 2 N–H and O–H groups in total. The fraction of sp³-hybridized carbons (Fsp3) is 0.633. The standard InChI is InChI=1S/C30H34F2N2O10/c1-26(2)43-22-10-18-17-6-5-15-9-16(35)7-8-27(15,3)29(17,32)20(36)11-28(18,4)30(22,44-26)21(37)13-41-25(40)42-14-34-12-19(31)23(38)33-24(34)39/h7-9,12,17-18,20,22,36H,5-6,10-11,13-14H2,1-4H3,(H,33,38,39)/t17?,18?,20-,22+,27?,28?,29-,30+/m0/s1. The Bertz CT molecular complexity index is 1630. The summed E-state index contributed by atoms with van der Waals surface area (Å²) in [5, 5.41) is 11.6. The second kappa shape index (κ2) is 9.75. The van der Waals surface area contributed by atoms with E-state index in [4.69, 9.17) is 18.9 Å². The van der Waals surface area contributed by atoms with E-state index in [2.05, 4.69) is 0 Å². The smallest absolute Gasteiger partial charge is 0.426 e. The Balaban J connectivity index is 1.26. The molecule has 6 rings (SSSR count). The lowest BCUT2D eigenvalue weighted by Gasteiger charge is -2.62. The van der Waals surface area contributed by atoms with Crippen LogP contribution >= 0.6 is 0 Å². The zero-order valence-electron chi connectivity index (χ0n) is 24.7. The third-order valence-electron chi connectivity index (χ3n) is 10.7. The van der Waals surface area contributed by atoms with Crippen LogP contribution in [0, 0.1) is 28.5 Å². The van der Waals surface area contributed by atoms with Gasteiger partial charge in [0.05, 0.1) is 18.4 Å². The van der Waals surface area contributed by atoms with E-state index in [1.54, 1.807) is 38.8 Å². The number of aliphatic hydroxyl groups is 1. The van der Waals surface area contributed by atoms with Crippen LogP contribution in [0.2, 0.25) is 0 Å². The highest BCUT2D eigenvalue weighted by Crippen LogP contribution is 2.72. The zero-order chi connectivity index (χ0) is 32.0. The summed E-state index contributed by atoms with van der Waals surface area (Å²) in [6.45, 7) is 5.10. The molecule has 14 heteroatoms. The fourth-order valence-electron chi connectivity index (χ4n) is 8.78. The molecule has 1 aromatic rings. The second-order valence-electron chi connectivity index (χ2n) is 13.3. The number of ether oxygens (including phenoxy) is 4. The molecule has 4 fully saturated rings. The van der Waals surface area contributed by atoms with E-state index < -0.39 is 94.3 Å². The van der Waals surface area contributed by atoms with Crippen LogP contribution < -0.4 is 11.2 Å². The van der Waals surface area contributed by atoms with Gasteiger partial charge in [0.1, 0.15) is 0 Å². The first kappa shape index (κ1) is 30.5. The number of aromatic amines is 1. The first-order valence-electron chi connectivity index (χ1n) is 14.5. The van der Waals surface area contributed by atoms with Crippen molar-refractivity contribution in [2.75, 3.05) is 6.61 Å². The number of carbonyl (C=O) groups is 3. The van der Waals surface area contributed by atoms with Gasteiger partial charge in [-0.15, -0.1) is 0 Å². The van der Waals surface area contributed by atoms with Gasteiger partial charge >= 0.3 is 11.8 Å². The number of aromatic nitrogens is 2. The van der Waals surface area contributed by atoms with Crippen LogP contribution in [0.4, 0.5) is 13.6 Å². The van der Waals surface area contributed by atoms with Crippen LogP contribution in [-0.4, -0.2) is 68.3 Å². The van der Waals surface area contributed by atoms with Crippen LogP contribution in [0.1, 0.15) is 53.4 Å². The molecule has 0 spiro atoms. The van der Waals surface area contributed by atoms with Crippen LogP contribution in [0.15, 0.2) is 39.6 Å². The Kier molecular flexibility index (Phi) is 6.77. The zero-order valence-corrected chi connectivity index (χ0v) is 24.7. The Hall–Kier alpha value is -3.49. The van der Waals surface area contributed by atoms with Gasteiger partial charge in [-0.1, -0.05) is 18.6 Å². The van der Waals surface area contributed by atoms with Gasteiger partial charge in [0.2, 0.25) is 11.6 Å². The Morgan fingerprint density at radius 2 is 1.89 bits per heavy atom. The fourth-order valence-corrected chi connectivity index (χ4v) is 8.78. The largest absolute Gasteiger partial charge is 0.510 e. The Morgan fingerprint density at radius 3 is 2.61 bits per heavy atom. The summed E-state index contributed by atoms with van der Waals surface area (Å²) in [6.07, 6.45) is 2.01. The van der Waals surface area contributed by atoms with E-state index in [0.717, 1.165) is 0 Å². The quantitative estimate of drug-likeness (QED) is 0.467. The van der Waals surface area contributed by atoms with Crippen molar-refractivity contribution in [2.45, 2.75) is 89.4 Å². The number of nitrogens with one attached hydrogen (secondary N) is 1. The first-order valence-corrected chi connectivity index (χ1v) is 14.5. The maximum absolute atomic E-state index is 17.5. The number of aliphatic hydroxyl groups excluding tert-OH is 1. The lowest BCUT2D eigenvalue weighted by molar-refractivity contribution is -0.246. The number of halogens is 2. The molecule has 1 aliphatic heterocycles. The average Bonchev–Trinajstić information content (AvgIpc) is 3.35. The van der Waals surface area contributed by atoms with Crippen LogP contribution in [0.3, 0.4) is 0 Å². The number of carbonyl (C=O) groups excluding carboxylic acids is 3. The number of alkyl halides is 1. The normalized spacial score (nSPS) is 39.9. The molecule has 1 aromatic heterocycles. The number of nitrogens with zero attached hydrogens (tertiary/aromatic N) is 1. The van der Waals surface area contributed by atoms with Gasteiger partial charge in [-0.3, -0.25) is 23.9 Å². The van der Waals surface area contributed by atoms with Crippen LogP contribution in [0.5, 0.6) is 0 Å². The number of allylic oxidation sites excluding steroid dienone is 4. The highest BCUT2D eigenvalue weighted by molar-refractivity contribution is 6.01. The summed E-state index contributed by atoms with van der Waals surface area (Å²) in [6, 6.07) is 0. The summed E-state index contributed by atoms with van der Waals surface area (Å²) in [7, 11) is 0. The van der Waals surface area contributed by atoms with E-state index in [1.165, 1.54) is 12.2 Å². The van der Waals surface area contributed by atoms with Gasteiger partial charge in [0.15, 0.2) is 36.2 Å². The highest BCUT2D eigenvalue weighted by atomic mass is 19.1. The summed E-state index contributed by atoms with van der Waals surface area (Å²) >= 11 is 0. The van der Waals surface area contributed by atoms with E-state index in [1.807, 2.05) is 0 Å². The summed E-state index contributed by atoms with van der Waals surface area (Å²) in [5.41, 5.74) is -7.83. The topological polar surface area (TPSA) is 163 Å². The number of fused-ring (bicyclic) bond motifs is 7. The number of hydrogen-bond donors (Lipinski definition) is 2. The van der Waals surface area contributed by atoms with Gasteiger partial charge in [-0.25, -0.2) is 14.0 Å². The van der Waals surface area contributed by atoms with Crippen molar-refractivity contribution in [2.24, 2.45) is 22.7 Å². The third kappa shape index (κ3) is 4.06. The van der Waals surface area contributed by atoms with Gasteiger partial charge in [0, 0.05) is 16.7 Å². The van der Waals surface area contributed by atoms with Crippen molar-refractivity contribution in [3.05, 3.63) is 56.7 Å². The third-order valence-corrected chi connectivity index (χ3v) is 10.7. The van der Waals surface area contributed by atoms with Crippen molar-refractivity contribution in [3.63, 3.8) is 0 Å². The van der Waals surface area contributed by atoms with Gasteiger partial charge in [-0.05, 0) is 64.5 Å². The van der Waals surface area contributed by atoms with Crippen LogP contribution in [0.25, 0.3) is 0 Å². The number of Topliss-reactive ketones (excluding diaryl/α,β-unsaturated/α-hetero) is 1. The first-order chi connectivity index (χ1) is 20.5. The molecule has 3 saturated carbocycles. The molecular weight excluding hydrogens is 586 g/mol. The molecule has 0 radical (unpaired) electrons. The van der Waals surface area contributed by atoms with Crippen LogP contribution in [-0.2, 0) is 35.3 Å². The number of H-pyrrole nitrogens is 1. The molecule has 1 saturated heterocycles. The number of ketones is 2. The second-order valence-corrected chi connectivity index (χ2v) is 13.3. The molecule has 238 valence electrons. The minimum atomic E-state index is -2.13. The Morgan fingerprint density at radius 1 is 1.16 bits per heavy atom. The molecule has 4 unspecified atom stereocenters. The molecule has 0 bridgehead atoms. The molecule has 8 atom stereocenters. The van der Waals surface area contributed by atoms with Gasteiger partial charge < -0.3 is 24.1 Å². The summed E-state index contributed by atoms with van der Waals surface area (Å²) in [4.78, 5) is 63.3. The molecule has 44 heavy (non-hydrogen) atoms. The van der Waals surface area contributed by atoms with E-state index in [-0.39, 0.29) is 18.6 Å². The van der Waals surface area contributed by atoms with E-state index in [0.29, 0.717) is 29.2 Å². The number of rotatable bonds is 5. The summed E-state index contributed by atoms with van der Waals surface area (Å²) < 4.78 is 54.1. The maximum Gasteiger partial charge on any atom is 0.510 e. The van der Waals surface area contributed by atoms with Crippen molar-refractivity contribution >= 4 is 17.7 Å². The molecule has 5 aliphatic rings. The molecule has 0 amide bonds. The van der Waals surface area contributed by atoms with E-state index in [9.17, 15) is 33.5 Å². The van der Waals surface area contributed by atoms with Crippen molar-refractivity contribution in [3.8, 4) is 0 Å². The van der Waals surface area contributed by atoms with E-state index >= 15 is 4.39 Å². The minimum absolute atomic E-state index is 0.165. The van der Waals surface area contributed by atoms with Crippen molar-refractivity contribution in [1.29, 1.82) is 0 Å². The summed E-state index contributed by atoms with van der Waals surface area (Å²) in [5.74, 6) is -4.57. The molecule has 0 aromatic carbocycles. The molecule has 12 nitrogen and oxygen atoms in total. The van der Waals surface area contributed by atoms with Gasteiger partial charge in [-0.2, -0.15) is 4.39 Å². The molecule has 4 aliphatic carbocycles. The highest BCUT2D eigenvalue weighted by Gasteiger charge is 2.80. The predicted octanol–water partition coefficient (Wildman–Crippen LogP) is 2.23. The van der Waals surface area contributed by atoms with Crippen molar-refractivity contribution in [1.82, 2.24) is 9.55 Å².